The molecule has 136 valence electrons. The molecular formula is C16H16FN5O3S. The molecule has 0 atom stereocenters. The van der Waals surface area contributed by atoms with E-state index in [-0.39, 0.29) is 34.8 Å². The Morgan fingerprint density at radius 2 is 2.15 bits per heavy atom. The third kappa shape index (κ3) is 2.33. The van der Waals surface area contributed by atoms with Gasteiger partial charge in [0.2, 0.25) is 0 Å². The molecule has 1 fully saturated rings. The highest BCUT2D eigenvalue weighted by molar-refractivity contribution is 7.09. The van der Waals surface area contributed by atoms with Gasteiger partial charge in [0.05, 0.1) is 23.8 Å². The number of methoxy groups -OCH3 is 1. The summed E-state index contributed by atoms with van der Waals surface area (Å²) in [7, 11) is 1.36. The number of nitrogen functional groups attached to an aromatic ring is 1. The maximum Gasteiger partial charge on any atom is 0.350 e. The van der Waals surface area contributed by atoms with Gasteiger partial charge in [-0.3, -0.25) is 9.36 Å². The number of hydrogen-bond donors (Lipinski definition) is 2. The molecule has 26 heavy (non-hydrogen) atoms. The summed E-state index contributed by atoms with van der Waals surface area (Å²) in [6.07, 6.45) is 1.55. The average molecular weight is 377 g/mol. The van der Waals surface area contributed by atoms with Crippen LogP contribution in [0.2, 0.25) is 0 Å². The molecule has 1 aliphatic carbocycles. The second-order valence-corrected chi connectivity index (χ2v) is 6.99. The third-order valence-corrected chi connectivity index (χ3v) is 5.28. The van der Waals surface area contributed by atoms with Crippen LogP contribution in [0, 0.1) is 5.82 Å². The van der Waals surface area contributed by atoms with E-state index in [2.05, 4.69) is 4.98 Å². The molecule has 2 heterocycles. The van der Waals surface area contributed by atoms with Crippen LogP contribution in [0.25, 0.3) is 22.2 Å². The molecule has 0 aliphatic heterocycles. The van der Waals surface area contributed by atoms with Gasteiger partial charge in [0.25, 0.3) is 5.56 Å². The van der Waals surface area contributed by atoms with Crippen molar-refractivity contribution in [1.29, 1.82) is 0 Å². The van der Waals surface area contributed by atoms with Crippen LogP contribution in [0.4, 0.5) is 4.39 Å². The van der Waals surface area contributed by atoms with Gasteiger partial charge in [-0.15, -0.1) is 11.3 Å². The number of nitrogens with zero attached hydrogens (tertiary/aromatic N) is 3. The predicted molar refractivity (Wildman–Crippen MR) is 96.4 cm³/mol. The molecule has 0 saturated heterocycles. The van der Waals surface area contributed by atoms with Gasteiger partial charge < -0.3 is 16.3 Å². The minimum Gasteiger partial charge on any atom is -0.494 e. The zero-order valence-corrected chi connectivity index (χ0v) is 14.7. The van der Waals surface area contributed by atoms with Crippen molar-refractivity contribution in [2.24, 2.45) is 5.73 Å². The maximum absolute atomic E-state index is 14.9. The van der Waals surface area contributed by atoms with E-state index >= 15 is 0 Å². The van der Waals surface area contributed by atoms with E-state index < -0.39 is 17.1 Å². The number of hydrogen-bond acceptors (Lipinski definition) is 7. The number of halogens is 1. The molecular weight excluding hydrogens is 361 g/mol. The van der Waals surface area contributed by atoms with Gasteiger partial charge in [-0.05, 0) is 18.9 Å². The van der Waals surface area contributed by atoms with E-state index in [1.807, 2.05) is 0 Å². The van der Waals surface area contributed by atoms with Gasteiger partial charge in [0.15, 0.2) is 5.75 Å². The quantitative estimate of drug-likeness (QED) is 0.654. The highest BCUT2D eigenvalue weighted by Crippen LogP contribution is 2.42. The van der Waals surface area contributed by atoms with Crippen molar-refractivity contribution in [2.75, 3.05) is 13.0 Å². The van der Waals surface area contributed by atoms with Crippen molar-refractivity contribution in [2.45, 2.75) is 25.4 Å². The fraction of sp³-hybridized carbons (Fsp3) is 0.312. The summed E-state index contributed by atoms with van der Waals surface area (Å²) >= 11 is 1.30. The van der Waals surface area contributed by atoms with E-state index in [0.717, 1.165) is 18.9 Å². The summed E-state index contributed by atoms with van der Waals surface area (Å²) in [5, 5.41) is 2.29. The lowest BCUT2D eigenvalue weighted by molar-refractivity contribution is 0.414. The van der Waals surface area contributed by atoms with Gasteiger partial charge >= 0.3 is 5.69 Å². The van der Waals surface area contributed by atoms with Crippen molar-refractivity contribution < 1.29 is 9.13 Å². The second-order valence-electron chi connectivity index (χ2n) is 6.05. The topological polar surface area (TPSA) is 118 Å². The average Bonchev–Trinajstić information content (AvgIpc) is 3.36. The van der Waals surface area contributed by atoms with Crippen LogP contribution in [-0.2, 0) is 6.54 Å². The molecule has 1 aromatic carbocycles. The Morgan fingerprint density at radius 1 is 1.42 bits per heavy atom. The largest absolute Gasteiger partial charge is 0.494 e. The Labute approximate surface area is 150 Å². The van der Waals surface area contributed by atoms with E-state index in [0.29, 0.717) is 15.4 Å². The molecule has 1 saturated carbocycles. The van der Waals surface area contributed by atoms with Crippen molar-refractivity contribution in [3.63, 3.8) is 0 Å². The van der Waals surface area contributed by atoms with E-state index in [1.165, 1.54) is 23.0 Å². The molecule has 8 nitrogen and oxygen atoms in total. The number of aromatic nitrogens is 3. The Kier molecular flexibility index (Phi) is 3.81. The van der Waals surface area contributed by atoms with Gasteiger partial charge in [0.1, 0.15) is 16.3 Å². The summed E-state index contributed by atoms with van der Waals surface area (Å²) in [5.41, 5.74) is 4.85. The van der Waals surface area contributed by atoms with Gasteiger partial charge in [-0.2, -0.15) is 4.68 Å². The lowest BCUT2D eigenvalue weighted by Crippen LogP contribution is -2.44. The summed E-state index contributed by atoms with van der Waals surface area (Å²) < 4.78 is 22.3. The number of fused-ring (bicyclic) bond motifs is 1. The zero-order chi connectivity index (χ0) is 18.6. The van der Waals surface area contributed by atoms with E-state index in [4.69, 9.17) is 16.3 Å². The molecule has 4 N–H and O–H groups in total. The van der Waals surface area contributed by atoms with Crippen LogP contribution in [-0.4, -0.2) is 21.3 Å². The molecule has 3 aromatic rings. The number of nitrogens with two attached hydrogens (primary N) is 2. The number of benzene rings is 1. The Morgan fingerprint density at radius 3 is 2.73 bits per heavy atom. The number of thiazole rings is 1. The lowest BCUT2D eigenvalue weighted by atomic mass is 10.1. The monoisotopic (exact) mass is 377 g/mol. The summed E-state index contributed by atoms with van der Waals surface area (Å²) in [6, 6.07) is 0.987. The smallest absolute Gasteiger partial charge is 0.350 e. The Balaban J connectivity index is 2.17. The summed E-state index contributed by atoms with van der Waals surface area (Å²) in [6.45, 7) is 0.229. The maximum atomic E-state index is 14.9. The first-order chi connectivity index (χ1) is 12.5. The van der Waals surface area contributed by atoms with E-state index in [1.54, 1.807) is 5.38 Å². The molecule has 4 rings (SSSR count). The summed E-state index contributed by atoms with van der Waals surface area (Å²) in [4.78, 5) is 29.3. The molecule has 0 unspecified atom stereocenters. The standard InChI is InChI=1S/C16H16FN5O3S/c1-25-14-12(10-6-26-11(5-18)20-10)9(17)4-8-13(14)21(7-2-3-7)16(24)22(19)15(8)23/h4,6-7H,2-3,5,18-19H2,1H3. The molecule has 0 spiro atoms. The Hall–Kier alpha value is -2.72. The van der Waals surface area contributed by atoms with E-state index in [9.17, 15) is 14.0 Å². The minimum atomic E-state index is -0.772. The van der Waals surface area contributed by atoms with Crippen molar-refractivity contribution >= 4 is 22.2 Å². The molecule has 0 bridgehead atoms. The summed E-state index contributed by atoms with van der Waals surface area (Å²) in [5.74, 6) is 5.02. The third-order valence-electron chi connectivity index (χ3n) is 4.41. The molecule has 10 heteroatoms. The van der Waals surface area contributed by atoms with Crippen LogP contribution in [0.5, 0.6) is 5.75 Å². The first-order valence-corrected chi connectivity index (χ1v) is 8.83. The minimum absolute atomic E-state index is 0.00798. The van der Waals surface area contributed by atoms with Crippen LogP contribution < -0.4 is 27.6 Å². The molecule has 2 aromatic heterocycles. The van der Waals surface area contributed by atoms with Crippen LogP contribution in [0.1, 0.15) is 23.9 Å². The SMILES string of the molecule is COc1c(-c2csc(CN)n2)c(F)cc2c(=O)n(N)c(=O)n(C3CC3)c12. The predicted octanol–water partition coefficient (Wildman–Crippen LogP) is 0.942. The normalized spacial score (nSPS) is 14.1. The Bertz CT molecular complexity index is 1150. The first kappa shape index (κ1) is 16.7. The fourth-order valence-corrected chi connectivity index (χ4v) is 3.74. The van der Waals surface area contributed by atoms with Crippen LogP contribution in [0.3, 0.4) is 0 Å². The molecule has 0 amide bonds. The fourth-order valence-electron chi connectivity index (χ4n) is 3.08. The van der Waals surface area contributed by atoms with Crippen molar-refractivity contribution in [1.82, 2.24) is 14.2 Å². The van der Waals surface area contributed by atoms with Gasteiger partial charge in [-0.25, -0.2) is 14.2 Å². The second kappa shape index (κ2) is 5.92. The number of rotatable bonds is 4. The highest BCUT2D eigenvalue weighted by Gasteiger charge is 2.31. The molecule has 1 aliphatic rings. The highest BCUT2D eigenvalue weighted by atomic mass is 32.1. The van der Waals surface area contributed by atoms with Gasteiger partial charge in [-0.1, -0.05) is 0 Å². The first-order valence-electron chi connectivity index (χ1n) is 7.95. The van der Waals surface area contributed by atoms with Crippen molar-refractivity contribution in [3.8, 4) is 17.0 Å². The van der Waals surface area contributed by atoms with Crippen molar-refractivity contribution in [3.05, 3.63) is 43.1 Å². The number of ether oxygens (including phenoxy) is 1. The molecule has 0 radical (unpaired) electrons. The van der Waals surface area contributed by atoms with Gasteiger partial charge in [0, 0.05) is 18.0 Å². The zero-order valence-electron chi connectivity index (χ0n) is 13.9. The van der Waals surface area contributed by atoms with Crippen LogP contribution >= 0.6 is 11.3 Å². The lowest BCUT2D eigenvalue weighted by Gasteiger charge is -2.17. The van der Waals surface area contributed by atoms with Crippen LogP contribution in [0.15, 0.2) is 21.0 Å².